The van der Waals surface area contributed by atoms with Gasteiger partial charge in [-0.3, -0.25) is 4.79 Å². The summed E-state index contributed by atoms with van der Waals surface area (Å²) in [6.45, 7) is 2.51. The third-order valence-corrected chi connectivity index (χ3v) is 3.99. The maximum Gasteiger partial charge on any atom is 0.258 e. The van der Waals surface area contributed by atoms with Gasteiger partial charge in [0, 0.05) is 6.54 Å². The second kappa shape index (κ2) is 9.08. The van der Waals surface area contributed by atoms with E-state index in [4.69, 9.17) is 9.47 Å². The molecule has 0 heterocycles. The number of rotatable bonds is 8. The summed E-state index contributed by atoms with van der Waals surface area (Å²) in [4.78, 5) is 14.2. The highest BCUT2D eigenvalue weighted by atomic mass is 16.5. The van der Waals surface area contributed by atoms with E-state index >= 15 is 0 Å². The fourth-order valence-electron chi connectivity index (χ4n) is 2.49. The summed E-state index contributed by atoms with van der Waals surface area (Å²) in [6.07, 6.45) is 0. The maximum atomic E-state index is 12.1. The first-order chi connectivity index (χ1) is 12.0. The Labute approximate surface area is 149 Å². The highest BCUT2D eigenvalue weighted by molar-refractivity contribution is 5.77. The third-order valence-electron chi connectivity index (χ3n) is 3.99. The Kier molecular flexibility index (Phi) is 6.83. The van der Waals surface area contributed by atoms with Crippen LogP contribution in [0, 0.1) is 6.92 Å². The van der Waals surface area contributed by atoms with Crippen LogP contribution >= 0.6 is 0 Å². The first-order valence-corrected chi connectivity index (χ1v) is 8.26. The molecule has 0 aliphatic heterocycles. The minimum Gasteiger partial charge on any atom is -0.497 e. The topological polar surface area (TPSA) is 50.8 Å². The summed E-state index contributed by atoms with van der Waals surface area (Å²) >= 11 is 0. The van der Waals surface area contributed by atoms with Crippen molar-refractivity contribution in [2.45, 2.75) is 13.0 Å². The van der Waals surface area contributed by atoms with Crippen molar-refractivity contribution in [3.05, 3.63) is 59.7 Å². The number of likely N-dealkylation sites (N-methyl/N-ethyl adjacent to an activating group) is 1. The van der Waals surface area contributed by atoms with Gasteiger partial charge in [0.15, 0.2) is 6.61 Å². The zero-order chi connectivity index (χ0) is 18.2. The second-order valence-corrected chi connectivity index (χ2v) is 6.16. The lowest BCUT2D eigenvalue weighted by Gasteiger charge is -2.25. The summed E-state index contributed by atoms with van der Waals surface area (Å²) in [7, 11) is 5.62. The lowest BCUT2D eigenvalue weighted by atomic mass is 10.1. The van der Waals surface area contributed by atoms with Gasteiger partial charge in [0.2, 0.25) is 0 Å². The summed E-state index contributed by atoms with van der Waals surface area (Å²) in [5, 5.41) is 2.94. The number of nitrogens with zero attached hydrogens (tertiary/aromatic N) is 1. The molecule has 0 bridgehead atoms. The molecule has 0 aromatic heterocycles. The Morgan fingerprint density at radius 2 is 1.84 bits per heavy atom. The molecule has 0 fully saturated rings. The van der Waals surface area contributed by atoms with E-state index in [9.17, 15) is 4.79 Å². The molecule has 25 heavy (non-hydrogen) atoms. The van der Waals surface area contributed by atoms with Crippen molar-refractivity contribution in [2.75, 3.05) is 34.4 Å². The van der Waals surface area contributed by atoms with Crippen molar-refractivity contribution in [2.24, 2.45) is 0 Å². The number of ether oxygens (including phenoxy) is 2. The first kappa shape index (κ1) is 18.8. The van der Waals surface area contributed by atoms with E-state index < -0.39 is 0 Å². The lowest BCUT2D eigenvalue weighted by Crippen LogP contribution is -2.36. The van der Waals surface area contributed by atoms with Crippen molar-refractivity contribution in [1.82, 2.24) is 10.2 Å². The zero-order valence-electron chi connectivity index (χ0n) is 15.3. The zero-order valence-corrected chi connectivity index (χ0v) is 15.3. The average Bonchev–Trinajstić information content (AvgIpc) is 2.61. The molecule has 0 spiro atoms. The Morgan fingerprint density at radius 3 is 2.48 bits per heavy atom. The molecule has 5 nitrogen and oxygen atoms in total. The van der Waals surface area contributed by atoms with Gasteiger partial charge in [-0.2, -0.15) is 0 Å². The molecule has 2 aromatic rings. The SMILES string of the molecule is COc1cccc(C(CNC(=O)COc2ccc(C)cc2)N(C)C)c1. The van der Waals surface area contributed by atoms with Gasteiger partial charge in [0.1, 0.15) is 11.5 Å². The van der Waals surface area contributed by atoms with E-state index in [-0.39, 0.29) is 18.6 Å². The predicted octanol–water partition coefficient (Wildman–Crippen LogP) is 2.80. The molecular formula is C20H26N2O3. The van der Waals surface area contributed by atoms with Crippen molar-refractivity contribution in [1.29, 1.82) is 0 Å². The average molecular weight is 342 g/mol. The number of hydrogen-bond donors (Lipinski definition) is 1. The Bertz CT molecular complexity index is 684. The minimum atomic E-state index is -0.143. The van der Waals surface area contributed by atoms with E-state index in [1.165, 1.54) is 0 Å². The summed E-state index contributed by atoms with van der Waals surface area (Å²) in [5.74, 6) is 1.35. The molecule has 1 amide bonds. The van der Waals surface area contributed by atoms with Crippen molar-refractivity contribution in [3.63, 3.8) is 0 Å². The van der Waals surface area contributed by atoms with Crippen LogP contribution < -0.4 is 14.8 Å². The van der Waals surface area contributed by atoms with E-state index in [0.717, 1.165) is 16.9 Å². The molecule has 1 unspecified atom stereocenters. The van der Waals surface area contributed by atoms with Gasteiger partial charge in [0.05, 0.1) is 13.2 Å². The van der Waals surface area contributed by atoms with Gasteiger partial charge in [-0.1, -0.05) is 29.8 Å². The largest absolute Gasteiger partial charge is 0.497 e. The fraction of sp³-hybridized carbons (Fsp3) is 0.350. The van der Waals surface area contributed by atoms with Gasteiger partial charge >= 0.3 is 0 Å². The fourth-order valence-corrected chi connectivity index (χ4v) is 2.49. The van der Waals surface area contributed by atoms with Crippen LogP contribution in [0.25, 0.3) is 0 Å². The number of nitrogens with one attached hydrogen (secondary N) is 1. The molecule has 1 atom stereocenters. The number of methoxy groups -OCH3 is 1. The summed E-state index contributed by atoms with van der Waals surface area (Å²) in [6, 6.07) is 15.6. The highest BCUT2D eigenvalue weighted by Gasteiger charge is 2.16. The number of hydrogen-bond acceptors (Lipinski definition) is 4. The normalized spacial score (nSPS) is 11.9. The van der Waals surface area contributed by atoms with Crippen LogP contribution in [0.3, 0.4) is 0 Å². The molecule has 0 saturated carbocycles. The standard InChI is InChI=1S/C20H26N2O3/c1-15-8-10-17(11-9-15)25-14-20(23)21-13-19(22(2)3)16-6-5-7-18(12-16)24-4/h5-12,19H,13-14H2,1-4H3,(H,21,23). The first-order valence-electron chi connectivity index (χ1n) is 8.26. The van der Waals surface area contributed by atoms with Crippen LogP contribution in [0.5, 0.6) is 11.5 Å². The van der Waals surface area contributed by atoms with Gasteiger partial charge < -0.3 is 19.7 Å². The molecule has 2 aromatic carbocycles. The van der Waals surface area contributed by atoms with E-state index in [0.29, 0.717) is 12.3 Å². The highest BCUT2D eigenvalue weighted by Crippen LogP contribution is 2.22. The predicted molar refractivity (Wildman–Crippen MR) is 99.1 cm³/mol. The van der Waals surface area contributed by atoms with Gasteiger partial charge in [0.25, 0.3) is 5.91 Å². The van der Waals surface area contributed by atoms with Gasteiger partial charge in [-0.15, -0.1) is 0 Å². The van der Waals surface area contributed by atoms with Crippen LogP contribution in [0.1, 0.15) is 17.2 Å². The number of benzene rings is 2. The maximum absolute atomic E-state index is 12.1. The number of carbonyl (C=O) groups is 1. The molecule has 2 rings (SSSR count). The summed E-state index contributed by atoms with van der Waals surface area (Å²) < 4.78 is 10.8. The van der Waals surface area contributed by atoms with Crippen molar-refractivity contribution >= 4 is 5.91 Å². The molecule has 5 heteroatoms. The Balaban J connectivity index is 1.89. The van der Waals surface area contributed by atoms with Crippen molar-refractivity contribution in [3.8, 4) is 11.5 Å². The van der Waals surface area contributed by atoms with E-state index in [1.807, 2.05) is 69.6 Å². The lowest BCUT2D eigenvalue weighted by molar-refractivity contribution is -0.123. The quantitative estimate of drug-likeness (QED) is 0.801. The molecular weight excluding hydrogens is 316 g/mol. The number of aryl methyl sites for hydroxylation is 1. The molecule has 1 N–H and O–H groups in total. The monoisotopic (exact) mass is 342 g/mol. The van der Waals surface area contributed by atoms with Crippen LogP contribution in [0.2, 0.25) is 0 Å². The van der Waals surface area contributed by atoms with Crippen molar-refractivity contribution < 1.29 is 14.3 Å². The van der Waals surface area contributed by atoms with E-state index in [2.05, 4.69) is 10.2 Å². The molecule has 134 valence electrons. The molecule has 0 aliphatic carbocycles. The van der Waals surface area contributed by atoms with Gasteiger partial charge in [-0.05, 0) is 50.8 Å². The van der Waals surface area contributed by atoms with Gasteiger partial charge in [-0.25, -0.2) is 0 Å². The van der Waals surface area contributed by atoms with Crippen LogP contribution in [0.15, 0.2) is 48.5 Å². The Hall–Kier alpha value is -2.53. The second-order valence-electron chi connectivity index (χ2n) is 6.16. The number of amides is 1. The molecule has 0 radical (unpaired) electrons. The van der Waals surface area contributed by atoms with Crippen LogP contribution in [-0.2, 0) is 4.79 Å². The smallest absolute Gasteiger partial charge is 0.258 e. The third kappa shape index (κ3) is 5.80. The minimum absolute atomic E-state index is 0.00131. The summed E-state index contributed by atoms with van der Waals surface area (Å²) in [5.41, 5.74) is 2.24. The molecule has 0 aliphatic rings. The molecule has 0 saturated heterocycles. The van der Waals surface area contributed by atoms with Crippen LogP contribution in [0.4, 0.5) is 0 Å². The Morgan fingerprint density at radius 1 is 1.12 bits per heavy atom. The van der Waals surface area contributed by atoms with E-state index in [1.54, 1.807) is 7.11 Å². The number of carbonyl (C=O) groups excluding carboxylic acids is 1. The van der Waals surface area contributed by atoms with Crippen LogP contribution in [-0.4, -0.2) is 45.2 Å².